The van der Waals surface area contributed by atoms with Gasteiger partial charge in [-0.1, -0.05) is 12.1 Å². The average molecular weight is 260 g/mol. The number of hydrogen-bond donors (Lipinski definition) is 3. The van der Waals surface area contributed by atoms with Crippen molar-refractivity contribution in [1.82, 2.24) is 5.32 Å². The summed E-state index contributed by atoms with van der Waals surface area (Å²) in [7, 11) is 0. The summed E-state index contributed by atoms with van der Waals surface area (Å²) >= 11 is 0. The predicted molar refractivity (Wildman–Crippen MR) is 76.2 cm³/mol. The molecular weight excluding hydrogens is 240 g/mol. The number of aliphatic hydroxyl groups is 1. The number of anilines is 1. The van der Waals surface area contributed by atoms with Gasteiger partial charge in [0.15, 0.2) is 0 Å². The van der Waals surface area contributed by atoms with Crippen LogP contribution in [0, 0.1) is 5.92 Å². The summed E-state index contributed by atoms with van der Waals surface area (Å²) in [6, 6.07) is 7.38. The van der Waals surface area contributed by atoms with Gasteiger partial charge in [0.05, 0.1) is 6.10 Å². The number of carbonyl (C=O) groups is 1. The van der Waals surface area contributed by atoms with Gasteiger partial charge in [0.25, 0.3) is 0 Å². The lowest BCUT2D eigenvalue weighted by molar-refractivity contribution is -0.116. The molecule has 0 aromatic heterocycles. The summed E-state index contributed by atoms with van der Waals surface area (Å²) in [4.78, 5) is 11.6. The molecule has 4 heteroatoms. The summed E-state index contributed by atoms with van der Waals surface area (Å²) in [5, 5.41) is 12.3. The molecular formula is C15H20N2O2. The van der Waals surface area contributed by atoms with E-state index in [1.165, 1.54) is 6.08 Å². The van der Waals surface area contributed by atoms with Gasteiger partial charge in [-0.15, -0.1) is 0 Å². The van der Waals surface area contributed by atoms with Gasteiger partial charge in [-0.2, -0.15) is 0 Å². The molecule has 1 amide bonds. The zero-order valence-electron chi connectivity index (χ0n) is 10.9. The third-order valence-electron chi connectivity index (χ3n) is 3.42. The number of nitrogens with one attached hydrogen (secondary N) is 1. The Morgan fingerprint density at radius 3 is 3.00 bits per heavy atom. The monoisotopic (exact) mass is 260 g/mol. The van der Waals surface area contributed by atoms with E-state index in [0.717, 1.165) is 24.8 Å². The highest BCUT2D eigenvalue weighted by molar-refractivity contribution is 5.91. The molecule has 2 unspecified atom stereocenters. The highest BCUT2D eigenvalue weighted by Crippen LogP contribution is 2.24. The van der Waals surface area contributed by atoms with E-state index in [9.17, 15) is 9.90 Å². The molecule has 4 nitrogen and oxygen atoms in total. The van der Waals surface area contributed by atoms with Crippen LogP contribution >= 0.6 is 0 Å². The van der Waals surface area contributed by atoms with Crippen LogP contribution in [0.5, 0.6) is 0 Å². The Balaban J connectivity index is 1.78. The van der Waals surface area contributed by atoms with Crippen LogP contribution in [0.3, 0.4) is 0 Å². The summed E-state index contributed by atoms with van der Waals surface area (Å²) in [5.74, 6) is 0.295. The summed E-state index contributed by atoms with van der Waals surface area (Å²) < 4.78 is 0. The molecule has 1 aliphatic carbocycles. The second kappa shape index (κ2) is 6.38. The molecule has 1 aliphatic rings. The van der Waals surface area contributed by atoms with E-state index >= 15 is 0 Å². The Morgan fingerprint density at radius 1 is 1.47 bits per heavy atom. The molecule has 4 N–H and O–H groups in total. The van der Waals surface area contributed by atoms with Crippen molar-refractivity contribution in [2.75, 3.05) is 12.3 Å². The molecule has 0 aliphatic heterocycles. The molecule has 0 radical (unpaired) electrons. The Hall–Kier alpha value is -1.81. The maximum absolute atomic E-state index is 11.6. The molecule has 0 saturated heterocycles. The second-order valence-corrected chi connectivity index (χ2v) is 5.08. The van der Waals surface area contributed by atoms with Crippen LogP contribution in [0.15, 0.2) is 30.3 Å². The lowest BCUT2D eigenvalue weighted by Crippen LogP contribution is -2.26. The van der Waals surface area contributed by atoms with Crippen molar-refractivity contribution in [3.63, 3.8) is 0 Å². The fraction of sp³-hybridized carbons (Fsp3) is 0.400. The molecule has 2 atom stereocenters. The maximum Gasteiger partial charge on any atom is 0.244 e. The van der Waals surface area contributed by atoms with E-state index in [1.54, 1.807) is 6.08 Å². The normalized spacial score (nSPS) is 22.8. The first kappa shape index (κ1) is 13.6. The van der Waals surface area contributed by atoms with Crippen LogP contribution < -0.4 is 11.1 Å². The first-order chi connectivity index (χ1) is 9.13. The standard InChI is InChI=1S/C15H20N2O2/c16-13-3-1-2-11(8-13)5-7-15(19)17-10-12-4-6-14(18)9-12/h1-3,5,7-8,12,14,18H,4,6,9-10,16H2,(H,17,19)/b7-5+. The molecule has 0 spiro atoms. The Morgan fingerprint density at radius 2 is 2.32 bits per heavy atom. The van der Waals surface area contributed by atoms with Gasteiger partial charge in [-0.05, 0) is 49.0 Å². The van der Waals surface area contributed by atoms with Crippen molar-refractivity contribution in [2.45, 2.75) is 25.4 Å². The van der Waals surface area contributed by atoms with E-state index in [2.05, 4.69) is 5.32 Å². The minimum absolute atomic E-state index is 0.108. The smallest absolute Gasteiger partial charge is 0.244 e. The van der Waals surface area contributed by atoms with Crippen LogP contribution in [-0.2, 0) is 4.79 Å². The Bertz CT molecular complexity index is 471. The van der Waals surface area contributed by atoms with Gasteiger partial charge in [0.2, 0.25) is 5.91 Å². The van der Waals surface area contributed by atoms with E-state index in [4.69, 9.17) is 5.73 Å². The summed E-state index contributed by atoms with van der Waals surface area (Å²) in [6.45, 7) is 0.636. The third kappa shape index (κ3) is 4.41. The van der Waals surface area contributed by atoms with Gasteiger partial charge in [0, 0.05) is 18.3 Å². The van der Waals surface area contributed by atoms with Crippen molar-refractivity contribution < 1.29 is 9.90 Å². The van der Waals surface area contributed by atoms with E-state index in [0.29, 0.717) is 18.2 Å². The van der Waals surface area contributed by atoms with Crippen LogP contribution in [-0.4, -0.2) is 23.7 Å². The average Bonchev–Trinajstić information content (AvgIpc) is 2.80. The highest BCUT2D eigenvalue weighted by Gasteiger charge is 2.22. The number of hydrogen-bond acceptors (Lipinski definition) is 3. The zero-order valence-corrected chi connectivity index (χ0v) is 10.9. The molecule has 2 rings (SSSR count). The van der Waals surface area contributed by atoms with Crippen molar-refractivity contribution in [2.24, 2.45) is 5.92 Å². The van der Waals surface area contributed by atoms with Gasteiger partial charge >= 0.3 is 0 Å². The topological polar surface area (TPSA) is 75.4 Å². The number of carbonyl (C=O) groups excluding carboxylic acids is 1. The van der Waals surface area contributed by atoms with Crippen LogP contribution in [0.4, 0.5) is 5.69 Å². The molecule has 0 bridgehead atoms. The Labute approximate surface area is 113 Å². The van der Waals surface area contributed by atoms with Gasteiger partial charge < -0.3 is 16.2 Å². The SMILES string of the molecule is Nc1cccc(/C=C/C(=O)NCC2CCC(O)C2)c1. The van der Waals surface area contributed by atoms with Gasteiger partial charge in [-0.25, -0.2) is 0 Å². The fourth-order valence-electron chi connectivity index (χ4n) is 2.37. The largest absolute Gasteiger partial charge is 0.399 e. The third-order valence-corrected chi connectivity index (χ3v) is 3.42. The lowest BCUT2D eigenvalue weighted by atomic mass is 10.1. The molecule has 1 fully saturated rings. The number of nitrogens with two attached hydrogens (primary N) is 1. The van der Waals surface area contributed by atoms with Crippen LogP contribution in [0.25, 0.3) is 6.08 Å². The number of rotatable bonds is 4. The van der Waals surface area contributed by atoms with E-state index < -0.39 is 0 Å². The molecule has 1 saturated carbocycles. The molecule has 1 aromatic rings. The number of nitrogen functional groups attached to an aromatic ring is 1. The van der Waals surface area contributed by atoms with Crippen molar-refractivity contribution in [3.05, 3.63) is 35.9 Å². The minimum Gasteiger partial charge on any atom is -0.399 e. The van der Waals surface area contributed by atoms with Crippen LogP contribution in [0.2, 0.25) is 0 Å². The number of aliphatic hydroxyl groups excluding tert-OH is 1. The highest BCUT2D eigenvalue weighted by atomic mass is 16.3. The zero-order chi connectivity index (χ0) is 13.7. The predicted octanol–water partition coefficient (Wildman–Crippen LogP) is 1.56. The van der Waals surface area contributed by atoms with Crippen LogP contribution in [0.1, 0.15) is 24.8 Å². The molecule has 1 aromatic carbocycles. The molecule has 19 heavy (non-hydrogen) atoms. The van der Waals surface area contributed by atoms with E-state index in [1.807, 2.05) is 24.3 Å². The molecule has 0 heterocycles. The fourth-order valence-corrected chi connectivity index (χ4v) is 2.37. The van der Waals surface area contributed by atoms with Crippen molar-refractivity contribution in [3.8, 4) is 0 Å². The van der Waals surface area contributed by atoms with Gasteiger partial charge in [-0.3, -0.25) is 4.79 Å². The minimum atomic E-state index is -0.190. The quantitative estimate of drug-likeness (QED) is 0.568. The lowest BCUT2D eigenvalue weighted by Gasteiger charge is -2.09. The number of benzene rings is 1. The summed E-state index contributed by atoms with van der Waals surface area (Å²) in [6.07, 6.45) is 5.69. The Kier molecular flexibility index (Phi) is 4.58. The van der Waals surface area contributed by atoms with Crippen molar-refractivity contribution >= 4 is 17.7 Å². The first-order valence-electron chi connectivity index (χ1n) is 6.63. The van der Waals surface area contributed by atoms with Crippen molar-refractivity contribution in [1.29, 1.82) is 0 Å². The summed E-state index contributed by atoms with van der Waals surface area (Å²) in [5.41, 5.74) is 7.25. The van der Waals surface area contributed by atoms with Gasteiger partial charge in [0.1, 0.15) is 0 Å². The molecule has 102 valence electrons. The second-order valence-electron chi connectivity index (χ2n) is 5.08. The maximum atomic E-state index is 11.6. The number of amides is 1. The first-order valence-corrected chi connectivity index (χ1v) is 6.63. The van der Waals surface area contributed by atoms with E-state index in [-0.39, 0.29) is 12.0 Å².